The van der Waals surface area contributed by atoms with E-state index in [0.717, 1.165) is 6.42 Å². The predicted molar refractivity (Wildman–Crippen MR) is 26.7 cm³/mol. The molecule has 2 heteroatoms. The van der Waals surface area contributed by atoms with E-state index in [4.69, 9.17) is 5.11 Å². The highest BCUT2D eigenvalue weighted by molar-refractivity contribution is 5.48. The van der Waals surface area contributed by atoms with Gasteiger partial charge in [0.15, 0.2) is 11.7 Å². The first-order valence-corrected chi connectivity index (χ1v) is 2.24. The Kier molecular flexibility index (Phi) is 3.07. The van der Waals surface area contributed by atoms with Crippen molar-refractivity contribution in [2.45, 2.75) is 19.8 Å². The maximum Gasteiger partial charge on any atom is 0.176 e. The van der Waals surface area contributed by atoms with Crippen molar-refractivity contribution < 1.29 is 9.90 Å². The Bertz CT molecular complexity index is 90.3. The molecule has 0 atom stereocenters. The van der Waals surface area contributed by atoms with E-state index in [9.17, 15) is 4.79 Å². The molecule has 0 rings (SSSR count). The van der Waals surface area contributed by atoms with Crippen molar-refractivity contribution in [2.24, 2.45) is 0 Å². The highest BCUT2D eigenvalue weighted by Gasteiger charge is 1.85. The van der Waals surface area contributed by atoms with Crippen molar-refractivity contribution in [3.63, 3.8) is 0 Å². The number of hydrogen-bond donors (Lipinski definition) is 1. The summed E-state index contributed by atoms with van der Waals surface area (Å²) < 4.78 is 0. The zero-order chi connectivity index (χ0) is 5.70. The molecule has 2 nitrogen and oxygen atoms in total. The third kappa shape index (κ3) is 3.07. The largest absolute Gasteiger partial charge is 0.502 e. The smallest absolute Gasteiger partial charge is 0.176 e. The molecule has 40 valence electrons. The third-order valence-corrected chi connectivity index (χ3v) is 0.605. The average molecular weight is 100 g/mol. The van der Waals surface area contributed by atoms with Gasteiger partial charge in [0.25, 0.3) is 0 Å². The van der Waals surface area contributed by atoms with Crippen LogP contribution >= 0.6 is 0 Å². The molecule has 0 fully saturated rings. The fourth-order valence-electron chi connectivity index (χ4n) is 0.288. The van der Waals surface area contributed by atoms with Crippen LogP contribution in [0.5, 0.6) is 0 Å². The molecule has 0 aliphatic carbocycles. The monoisotopic (exact) mass is 100 g/mol. The minimum Gasteiger partial charge on any atom is -0.502 e. The first-order valence-electron chi connectivity index (χ1n) is 2.24. The topological polar surface area (TPSA) is 37.3 Å². The second-order valence-corrected chi connectivity index (χ2v) is 1.30. The summed E-state index contributed by atoms with van der Waals surface area (Å²) in [5.74, 6) is 1.21. The zero-order valence-electron chi connectivity index (χ0n) is 4.27. The Balaban J connectivity index is 3.37. The predicted octanol–water partition coefficient (Wildman–Crippen LogP) is 1.06. The van der Waals surface area contributed by atoms with Gasteiger partial charge in [-0.1, -0.05) is 6.92 Å². The molecule has 0 aliphatic heterocycles. The van der Waals surface area contributed by atoms with E-state index in [0.29, 0.717) is 6.42 Å². The number of allylic oxidation sites excluding steroid dienone is 1. The minimum atomic E-state index is -0.178. The van der Waals surface area contributed by atoms with Crippen LogP contribution in [0.15, 0.2) is 5.76 Å². The summed E-state index contributed by atoms with van der Waals surface area (Å²) in [5, 5.41) is 8.35. The van der Waals surface area contributed by atoms with Crippen LogP contribution in [0.4, 0.5) is 0 Å². The summed E-state index contributed by atoms with van der Waals surface area (Å²) in [6.45, 7) is 1.88. The molecule has 0 spiro atoms. The van der Waals surface area contributed by atoms with Crippen LogP contribution in [0.3, 0.4) is 0 Å². The molecular weight excluding hydrogens is 92.1 g/mol. The van der Waals surface area contributed by atoms with Gasteiger partial charge >= 0.3 is 0 Å². The van der Waals surface area contributed by atoms with Gasteiger partial charge in [0.1, 0.15) is 0 Å². The van der Waals surface area contributed by atoms with E-state index in [-0.39, 0.29) is 5.76 Å². The molecule has 0 saturated heterocycles. The van der Waals surface area contributed by atoms with Gasteiger partial charge in [0.2, 0.25) is 0 Å². The zero-order valence-corrected chi connectivity index (χ0v) is 4.27. The van der Waals surface area contributed by atoms with E-state index in [1.54, 1.807) is 0 Å². The van der Waals surface area contributed by atoms with E-state index < -0.39 is 0 Å². The van der Waals surface area contributed by atoms with Gasteiger partial charge in [0.05, 0.1) is 0 Å². The Morgan fingerprint density at radius 2 is 2.43 bits per heavy atom. The number of carbonyl (C=O) groups excluding carboxylic acids is 1. The Labute approximate surface area is 42.5 Å². The van der Waals surface area contributed by atoms with Crippen molar-refractivity contribution >= 4 is 5.94 Å². The maximum atomic E-state index is 9.48. The Hall–Kier alpha value is -0.750. The molecule has 0 unspecified atom stereocenters. The summed E-state index contributed by atoms with van der Waals surface area (Å²) >= 11 is 0. The fourth-order valence-corrected chi connectivity index (χ4v) is 0.288. The third-order valence-electron chi connectivity index (χ3n) is 0.605. The van der Waals surface area contributed by atoms with Gasteiger partial charge in [-0.2, -0.15) is 0 Å². The second-order valence-electron chi connectivity index (χ2n) is 1.30. The summed E-state index contributed by atoms with van der Waals surface area (Å²) in [7, 11) is 0. The highest BCUT2D eigenvalue weighted by Crippen LogP contribution is 1.92. The lowest BCUT2D eigenvalue weighted by molar-refractivity contribution is 0.388. The van der Waals surface area contributed by atoms with Gasteiger partial charge in [-0.05, 0) is 6.42 Å². The molecule has 0 bridgehead atoms. The normalized spacial score (nSPS) is 7.57. The van der Waals surface area contributed by atoms with Crippen LogP contribution in [0.1, 0.15) is 19.8 Å². The molecular formula is C5H8O2. The van der Waals surface area contributed by atoms with Gasteiger partial charge < -0.3 is 5.11 Å². The maximum absolute atomic E-state index is 9.48. The van der Waals surface area contributed by atoms with Gasteiger partial charge in [-0.3, -0.25) is 0 Å². The molecule has 0 amide bonds. The number of aliphatic hydroxyl groups is 1. The Morgan fingerprint density at radius 1 is 1.86 bits per heavy atom. The quantitative estimate of drug-likeness (QED) is 0.416. The molecule has 0 saturated carbocycles. The average Bonchev–Trinajstić information content (AvgIpc) is 1.68. The van der Waals surface area contributed by atoms with Crippen molar-refractivity contribution in [3.8, 4) is 0 Å². The first kappa shape index (κ1) is 6.25. The SMILES string of the molecule is CCCC(O)=C=O. The van der Waals surface area contributed by atoms with Crippen molar-refractivity contribution in [3.05, 3.63) is 5.76 Å². The highest BCUT2D eigenvalue weighted by atomic mass is 16.3. The molecule has 7 heavy (non-hydrogen) atoms. The van der Waals surface area contributed by atoms with Crippen molar-refractivity contribution in [1.82, 2.24) is 0 Å². The standard InChI is InChI=1S/C5H8O2/c1-2-3-5(7)4-6/h7H,2-3H2,1H3. The van der Waals surface area contributed by atoms with Crippen molar-refractivity contribution in [1.29, 1.82) is 0 Å². The van der Waals surface area contributed by atoms with Gasteiger partial charge in [-0.15, -0.1) is 0 Å². The summed E-state index contributed by atoms with van der Waals surface area (Å²) in [6.07, 6.45) is 1.24. The molecule has 0 aromatic carbocycles. The molecule has 0 aromatic heterocycles. The lowest BCUT2D eigenvalue weighted by Gasteiger charge is -1.84. The van der Waals surface area contributed by atoms with Crippen LogP contribution in [0.2, 0.25) is 0 Å². The summed E-state index contributed by atoms with van der Waals surface area (Å²) in [6, 6.07) is 0. The van der Waals surface area contributed by atoms with Gasteiger partial charge in [0, 0.05) is 6.42 Å². The fraction of sp³-hybridized carbons (Fsp3) is 0.600. The van der Waals surface area contributed by atoms with Crippen LogP contribution in [0, 0.1) is 0 Å². The molecule has 0 aliphatic rings. The summed E-state index contributed by atoms with van der Waals surface area (Å²) in [5.41, 5.74) is 0. The molecule has 0 heterocycles. The lowest BCUT2D eigenvalue weighted by Crippen LogP contribution is -1.77. The van der Waals surface area contributed by atoms with Crippen LogP contribution < -0.4 is 0 Å². The van der Waals surface area contributed by atoms with E-state index in [1.807, 2.05) is 6.92 Å². The Morgan fingerprint density at radius 3 is 2.57 bits per heavy atom. The van der Waals surface area contributed by atoms with Gasteiger partial charge in [-0.25, -0.2) is 4.79 Å². The second kappa shape index (κ2) is 3.44. The molecule has 0 aromatic rings. The van der Waals surface area contributed by atoms with Crippen LogP contribution in [-0.2, 0) is 4.79 Å². The minimum absolute atomic E-state index is 0.178. The molecule has 0 radical (unpaired) electrons. The summed E-state index contributed by atoms with van der Waals surface area (Å²) in [4.78, 5) is 9.48. The van der Waals surface area contributed by atoms with E-state index in [2.05, 4.69) is 0 Å². The lowest BCUT2D eigenvalue weighted by atomic mass is 10.3. The number of aliphatic hydroxyl groups excluding tert-OH is 1. The van der Waals surface area contributed by atoms with E-state index >= 15 is 0 Å². The van der Waals surface area contributed by atoms with Crippen molar-refractivity contribution in [2.75, 3.05) is 0 Å². The first-order chi connectivity index (χ1) is 3.31. The van der Waals surface area contributed by atoms with Crippen LogP contribution in [0.25, 0.3) is 0 Å². The number of hydrogen-bond acceptors (Lipinski definition) is 2. The number of rotatable bonds is 2. The van der Waals surface area contributed by atoms with Crippen LogP contribution in [-0.4, -0.2) is 11.0 Å². The molecule has 1 N–H and O–H groups in total. The van der Waals surface area contributed by atoms with E-state index in [1.165, 1.54) is 5.94 Å².